The summed E-state index contributed by atoms with van der Waals surface area (Å²) < 4.78 is 17.4. The third-order valence-electron chi connectivity index (χ3n) is 7.85. The summed E-state index contributed by atoms with van der Waals surface area (Å²) in [4.78, 5) is 55.8. The fourth-order valence-electron chi connectivity index (χ4n) is 5.72. The SMILES string of the molecule is C=CC(=O)N1CC(C)N(c2nc(=O)n(-c3c(C)ccnc3C(C)C)c3nc(-c4ccccc4C(=O)O)c(F)cc23)CC1C. The molecule has 222 valence electrons. The van der Waals surface area contributed by atoms with Gasteiger partial charge in [0.25, 0.3) is 0 Å². The van der Waals surface area contributed by atoms with Crippen molar-refractivity contribution in [3.8, 4) is 16.9 Å². The molecule has 1 aliphatic rings. The van der Waals surface area contributed by atoms with Crippen LogP contribution in [0.4, 0.5) is 10.2 Å². The highest BCUT2D eigenvalue weighted by Crippen LogP contribution is 2.34. The first kappa shape index (κ1) is 29.6. The van der Waals surface area contributed by atoms with Gasteiger partial charge in [-0.05, 0) is 56.5 Å². The summed E-state index contributed by atoms with van der Waals surface area (Å²) in [7, 11) is 0. The number of hydrogen-bond acceptors (Lipinski definition) is 7. The van der Waals surface area contributed by atoms with E-state index in [1.54, 1.807) is 29.3 Å². The van der Waals surface area contributed by atoms with Gasteiger partial charge in [-0.25, -0.2) is 23.5 Å². The number of piperazine rings is 1. The quantitative estimate of drug-likeness (QED) is 0.323. The Kier molecular flexibility index (Phi) is 7.83. The summed E-state index contributed by atoms with van der Waals surface area (Å²) in [6.45, 7) is 13.8. The molecule has 1 amide bonds. The van der Waals surface area contributed by atoms with Crippen LogP contribution < -0.4 is 10.6 Å². The summed E-state index contributed by atoms with van der Waals surface area (Å²) in [5.41, 5.74) is 1.11. The van der Waals surface area contributed by atoms with Crippen LogP contribution in [0.25, 0.3) is 28.0 Å². The molecule has 5 rings (SSSR count). The Morgan fingerprint density at radius 3 is 2.51 bits per heavy atom. The topological polar surface area (TPSA) is 122 Å². The number of aryl methyl sites for hydroxylation is 1. The predicted octanol–water partition coefficient (Wildman–Crippen LogP) is 4.72. The number of nitrogens with zero attached hydrogens (tertiary/aromatic N) is 6. The fourth-order valence-corrected chi connectivity index (χ4v) is 5.72. The minimum atomic E-state index is -1.23. The number of carboxylic acid groups (broad SMARTS) is 1. The molecule has 1 aromatic carbocycles. The van der Waals surface area contributed by atoms with Crippen LogP contribution in [0.3, 0.4) is 0 Å². The lowest BCUT2D eigenvalue weighted by Gasteiger charge is -2.44. The molecule has 43 heavy (non-hydrogen) atoms. The van der Waals surface area contributed by atoms with Gasteiger partial charge in [0, 0.05) is 36.9 Å². The van der Waals surface area contributed by atoms with Crippen molar-refractivity contribution in [2.45, 2.75) is 52.6 Å². The lowest BCUT2D eigenvalue weighted by atomic mass is 10.0. The number of halogens is 1. The van der Waals surface area contributed by atoms with E-state index in [4.69, 9.17) is 0 Å². The van der Waals surface area contributed by atoms with Gasteiger partial charge < -0.3 is 14.9 Å². The number of amides is 1. The van der Waals surface area contributed by atoms with Gasteiger partial charge in [0.05, 0.1) is 22.3 Å². The van der Waals surface area contributed by atoms with Crippen LogP contribution >= 0.6 is 0 Å². The number of aromatic nitrogens is 4. The lowest BCUT2D eigenvalue weighted by molar-refractivity contribution is -0.128. The first-order valence-electron chi connectivity index (χ1n) is 14.1. The normalized spacial score (nSPS) is 17.0. The highest BCUT2D eigenvalue weighted by atomic mass is 19.1. The zero-order valence-electron chi connectivity index (χ0n) is 24.7. The minimum absolute atomic E-state index is 0.0690. The summed E-state index contributed by atoms with van der Waals surface area (Å²) in [5, 5.41) is 10.1. The van der Waals surface area contributed by atoms with Gasteiger partial charge in [-0.3, -0.25) is 9.78 Å². The zero-order chi connectivity index (χ0) is 31.2. The average Bonchev–Trinajstić information content (AvgIpc) is 2.97. The fraction of sp³-hybridized carbons (Fsp3) is 0.312. The van der Waals surface area contributed by atoms with Crippen molar-refractivity contribution in [3.63, 3.8) is 0 Å². The monoisotopic (exact) mass is 584 g/mol. The molecule has 0 bridgehead atoms. The highest BCUT2D eigenvalue weighted by Gasteiger charge is 2.34. The van der Waals surface area contributed by atoms with Gasteiger partial charge in [-0.2, -0.15) is 4.98 Å². The summed E-state index contributed by atoms with van der Waals surface area (Å²) in [5.74, 6) is -2.03. The van der Waals surface area contributed by atoms with Gasteiger partial charge in [0.15, 0.2) is 5.65 Å². The Morgan fingerprint density at radius 2 is 1.84 bits per heavy atom. The average molecular weight is 585 g/mol. The van der Waals surface area contributed by atoms with Crippen LogP contribution in [0, 0.1) is 12.7 Å². The van der Waals surface area contributed by atoms with Gasteiger partial charge >= 0.3 is 11.7 Å². The van der Waals surface area contributed by atoms with E-state index in [9.17, 15) is 19.5 Å². The Bertz CT molecular complexity index is 1840. The van der Waals surface area contributed by atoms with Crippen LogP contribution in [0.2, 0.25) is 0 Å². The maximum Gasteiger partial charge on any atom is 0.355 e. The van der Waals surface area contributed by atoms with Crippen LogP contribution in [-0.2, 0) is 4.79 Å². The Morgan fingerprint density at radius 1 is 1.12 bits per heavy atom. The van der Waals surface area contributed by atoms with E-state index in [1.165, 1.54) is 28.8 Å². The number of carboxylic acids is 1. The number of pyridine rings is 2. The maximum absolute atomic E-state index is 16.0. The third-order valence-corrected chi connectivity index (χ3v) is 7.85. The standard InChI is InChI=1S/C32H33FN6O4/c1-7-25(40)37-15-20(6)38(16-19(37)5)29-23-14-24(33)27(21-10-8-9-11-22(21)31(41)42)35-30(23)39(32(43)36-29)28-18(4)12-13-34-26(28)17(2)3/h7-14,17,19-20H,1,15-16H2,2-6H3,(H,41,42). The predicted molar refractivity (Wildman–Crippen MR) is 162 cm³/mol. The molecule has 3 aromatic heterocycles. The van der Waals surface area contributed by atoms with E-state index in [2.05, 4.69) is 21.5 Å². The molecule has 11 heteroatoms. The van der Waals surface area contributed by atoms with E-state index < -0.39 is 17.5 Å². The number of fused-ring (bicyclic) bond motifs is 1. The Hall–Kier alpha value is -4.93. The molecule has 0 spiro atoms. The van der Waals surface area contributed by atoms with Crippen LogP contribution in [-0.4, -0.2) is 66.6 Å². The molecule has 1 N–H and O–H groups in total. The van der Waals surface area contributed by atoms with E-state index in [0.29, 0.717) is 24.5 Å². The molecule has 2 unspecified atom stereocenters. The molecular weight excluding hydrogens is 551 g/mol. The molecule has 1 fully saturated rings. The smallest absolute Gasteiger partial charge is 0.355 e. The van der Waals surface area contributed by atoms with Gasteiger partial charge in [-0.1, -0.05) is 38.6 Å². The van der Waals surface area contributed by atoms with Crippen molar-refractivity contribution in [2.75, 3.05) is 18.0 Å². The van der Waals surface area contributed by atoms with Crippen LogP contribution in [0.1, 0.15) is 55.2 Å². The number of aromatic carboxylic acids is 1. The molecule has 0 saturated carbocycles. The second-order valence-corrected chi connectivity index (χ2v) is 11.2. The minimum Gasteiger partial charge on any atom is -0.478 e. The second-order valence-electron chi connectivity index (χ2n) is 11.2. The number of benzene rings is 1. The maximum atomic E-state index is 16.0. The van der Waals surface area contributed by atoms with Crippen molar-refractivity contribution in [1.29, 1.82) is 0 Å². The number of carbonyl (C=O) groups excluding carboxylic acids is 1. The van der Waals surface area contributed by atoms with Crippen molar-refractivity contribution >= 4 is 28.7 Å². The van der Waals surface area contributed by atoms with Gasteiger partial charge in [-0.15, -0.1) is 0 Å². The molecule has 0 radical (unpaired) electrons. The molecule has 1 aliphatic heterocycles. The Labute approximate surface area is 248 Å². The molecule has 4 heterocycles. The number of anilines is 1. The largest absolute Gasteiger partial charge is 0.478 e. The summed E-state index contributed by atoms with van der Waals surface area (Å²) >= 11 is 0. The molecule has 10 nitrogen and oxygen atoms in total. The highest BCUT2D eigenvalue weighted by molar-refractivity contribution is 5.97. The zero-order valence-corrected chi connectivity index (χ0v) is 24.7. The number of hydrogen-bond donors (Lipinski definition) is 1. The number of rotatable bonds is 6. The van der Waals surface area contributed by atoms with Gasteiger partial charge in [0.2, 0.25) is 5.91 Å². The molecule has 4 aromatic rings. The van der Waals surface area contributed by atoms with Crippen molar-refractivity contribution < 1.29 is 19.1 Å². The molecule has 1 saturated heterocycles. The summed E-state index contributed by atoms with van der Waals surface area (Å²) in [6.07, 6.45) is 2.93. The van der Waals surface area contributed by atoms with Crippen molar-refractivity contribution in [1.82, 2.24) is 24.4 Å². The first-order chi connectivity index (χ1) is 20.4. The lowest BCUT2D eigenvalue weighted by Crippen LogP contribution is -2.58. The van der Waals surface area contributed by atoms with E-state index in [1.807, 2.05) is 39.5 Å². The van der Waals surface area contributed by atoms with E-state index in [0.717, 1.165) is 5.56 Å². The van der Waals surface area contributed by atoms with E-state index in [-0.39, 0.29) is 57.6 Å². The van der Waals surface area contributed by atoms with Gasteiger partial charge in [0.1, 0.15) is 17.3 Å². The van der Waals surface area contributed by atoms with Crippen LogP contribution in [0.5, 0.6) is 0 Å². The summed E-state index contributed by atoms with van der Waals surface area (Å²) in [6, 6.07) is 8.54. The second kappa shape index (κ2) is 11.4. The molecule has 0 aliphatic carbocycles. The van der Waals surface area contributed by atoms with Crippen molar-refractivity contribution in [3.05, 3.63) is 88.4 Å². The Balaban J connectivity index is 1.85. The molecular formula is C32H33FN6O4. The molecule has 2 atom stereocenters. The number of carbonyl (C=O) groups is 2. The van der Waals surface area contributed by atoms with Crippen molar-refractivity contribution in [2.24, 2.45) is 0 Å². The van der Waals surface area contributed by atoms with Crippen LogP contribution in [0.15, 0.2) is 60.0 Å². The third kappa shape index (κ3) is 5.15. The first-order valence-corrected chi connectivity index (χ1v) is 14.1. The van der Waals surface area contributed by atoms with E-state index >= 15 is 4.39 Å².